The zero-order valence-electron chi connectivity index (χ0n) is 15.1. The Labute approximate surface area is 158 Å². The predicted molar refractivity (Wildman–Crippen MR) is 102 cm³/mol. The Bertz CT molecular complexity index is 936. The molecule has 0 radical (unpaired) electrons. The van der Waals surface area contributed by atoms with Gasteiger partial charge in [-0.25, -0.2) is 4.39 Å². The smallest absolute Gasteiger partial charge is 0.224 e. The van der Waals surface area contributed by atoms with Gasteiger partial charge in [0.25, 0.3) is 0 Å². The van der Waals surface area contributed by atoms with Crippen molar-refractivity contribution in [1.82, 2.24) is 15.1 Å². The number of benzene rings is 2. The summed E-state index contributed by atoms with van der Waals surface area (Å²) in [6.45, 7) is 0.736. The van der Waals surface area contributed by atoms with E-state index in [-0.39, 0.29) is 24.2 Å². The molecule has 0 saturated carbocycles. The van der Waals surface area contributed by atoms with Crippen LogP contribution in [0.15, 0.2) is 60.8 Å². The number of nitrogens with one attached hydrogen (secondary N) is 1. The number of carbonyl (C=O) groups is 1. The molecule has 4 rings (SSSR count). The molecule has 4 nitrogen and oxygen atoms in total. The lowest BCUT2D eigenvalue weighted by atomic mass is 9.92. The third-order valence-electron chi connectivity index (χ3n) is 5.03. The molecule has 0 unspecified atom stereocenters. The molecule has 1 N–H and O–H groups in total. The molecule has 1 atom stereocenters. The van der Waals surface area contributed by atoms with E-state index in [1.54, 1.807) is 12.1 Å². The third kappa shape index (κ3) is 4.08. The molecule has 1 amide bonds. The van der Waals surface area contributed by atoms with Crippen LogP contribution in [0.4, 0.5) is 4.39 Å². The minimum Gasteiger partial charge on any atom is -0.349 e. The van der Waals surface area contributed by atoms with Crippen molar-refractivity contribution in [2.24, 2.45) is 0 Å². The van der Waals surface area contributed by atoms with Gasteiger partial charge in [0.2, 0.25) is 5.91 Å². The maximum absolute atomic E-state index is 13.3. The third-order valence-corrected chi connectivity index (χ3v) is 5.03. The van der Waals surface area contributed by atoms with Gasteiger partial charge in [0.15, 0.2) is 0 Å². The van der Waals surface area contributed by atoms with Crippen LogP contribution in [-0.2, 0) is 24.2 Å². The summed E-state index contributed by atoms with van der Waals surface area (Å²) in [4.78, 5) is 12.4. The summed E-state index contributed by atoms with van der Waals surface area (Å²) >= 11 is 0. The van der Waals surface area contributed by atoms with Crippen molar-refractivity contribution in [3.05, 3.63) is 89.0 Å². The average Bonchev–Trinajstić information content (AvgIpc) is 3.06. The van der Waals surface area contributed by atoms with E-state index in [1.807, 2.05) is 29.1 Å². The van der Waals surface area contributed by atoms with Gasteiger partial charge in [-0.2, -0.15) is 5.10 Å². The van der Waals surface area contributed by atoms with E-state index in [0.29, 0.717) is 5.56 Å². The Kier molecular flexibility index (Phi) is 5.01. The number of nitrogens with zero attached hydrogens (tertiary/aromatic N) is 2. The summed E-state index contributed by atoms with van der Waals surface area (Å²) in [7, 11) is 0. The first-order valence-corrected chi connectivity index (χ1v) is 9.31. The molecular weight excluding hydrogens is 341 g/mol. The van der Waals surface area contributed by atoms with Gasteiger partial charge >= 0.3 is 0 Å². The highest BCUT2D eigenvalue weighted by Gasteiger charge is 2.25. The average molecular weight is 363 g/mol. The lowest BCUT2D eigenvalue weighted by Gasteiger charge is -2.24. The topological polar surface area (TPSA) is 46.9 Å². The van der Waals surface area contributed by atoms with Crippen LogP contribution < -0.4 is 5.32 Å². The predicted octanol–water partition coefficient (Wildman–Crippen LogP) is 3.81. The fraction of sp³-hybridized carbons (Fsp3) is 0.273. The first-order chi connectivity index (χ1) is 13.2. The molecule has 138 valence electrons. The number of halogens is 1. The summed E-state index contributed by atoms with van der Waals surface area (Å²) in [6, 6.07) is 16.4. The molecule has 1 aromatic heterocycles. The molecule has 1 aliphatic rings. The van der Waals surface area contributed by atoms with E-state index in [1.165, 1.54) is 23.4 Å². The maximum Gasteiger partial charge on any atom is 0.224 e. The summed E-state index contributed by atoms with van der Waals surface area (Å²) < 4.78 is 15.3. The van der Waals surface area contributed by atoms with Gasteiger partial charge in [-0.15, -0.1) is 0 Å². The molecule has 0 spiro atoms. The van der Waals surface area contributed by atoms with Crippen LogP contribution in [0.2, 0.25) is 0 Å². The fourth-order valence-electron chi connectivity index (χ4n) is 3.74. The van der Waals surface area contributed by atoms with E-state index in [0.717, 1.165) is 31.4 Å². The number of rotatable bonds is 5. The van der Waals surface area contributed by atoms with Crippen LogP contribution >= 0.6 is 0 Å². The van der Waals surface area contributed by atoms with Crippen molar-refractivity contribution in [2.45, 2.75) is 38.3 Å². The Hall–Kier alpha value is -2.95. The number of amides is 1. The SMILES string of the molecule is O=C(Cc1cccc(F)c1)N[C@H]1CCCc2c1cnn2Cc1ccccc1. The molecule has 5 heteroatoms. The van der Waals surface area contributed by atoms with Crippen molar-refractivity contribution in [2.75, 3.05) is 0 Å². The van der Waals surface area contributed by atoms with Crippen molar-refractivity contribution in [3.63, 3.8) is 0 Å². The van der Waals surface area contributed by atoms with Gasteiger partial charge in [0.1, 0.15) is 5.82 Å². The van der Waals surface area contributed by atoms with Gasteiger partial charge in [0.05, 0.1) is 25.2 Å². The van der Waals surface area contributed by atoms with Crippen molar-refractivity contribution < 1.29 is 9.18 Å². The second-order valence-electron chi connectivity index (χ2n) is 7.01. The van der Waals surface area contributed by atoms with Crippen LogP contribution in [0.5, 0.6) is 0 Å². The first kappa shape index (κ1) is 17.5. The van der Waals surface area contributed by atoms with Crippen LogP contribution in [0.1, 0.15) is 41.3 Å². The van der Waals surface area contributed by atoms with Crippen LogP contribution in [0.3, 0.4) is 0 Å². The number of aromatic nitrogens is 2. The van der Waals surface area contributed by atoms with Gasteiger partial charge < -0.3 is 5.32 Å². The zero-order valence-corrected chi connectivity index (χ0v) is 15.1. The highest BCUT2D eigenvalue weighted by atomic mass is 19.1. The molecular formula is C22H22FN3O. The monoisotopic (exact) mass is 363 g/mol. The molecule has 1 heterocycles. The normalized spacial score (nSPS) is 16.0. The van der Waals surface area contributed by atoms with Crippen LogP contribution in [-0.4, -0.2) is 15.7 Å². The minimum absolute atomic E-state index is 0.0284. The molecule has 27 heavy (non-hydrogen) atoms. The molecule has 0 saturated heterocycles. The Balaban J connectivity index is 1.46. The van der Waals surface area contributed by atoms with E-state index in [9.17, 15) is 9.18 Å². The zero-order chi connectivity index (χ0) is 18.6. The van der Waals surface area contributed by atoms with E-state index >= 15 is 0 Å². The van der Waals surface area contributed by atoms with Gasteiger partial charge in [-0.1, -0.05) is 42.5 Å². The fourth-order valence-corrected chi connectivity index (χ4v) is 3.74. The summed E-state index contributed by atoms with van der Waals surface area (Å²) in [6.07, 6.45) is 4.95. The highest BCUT2D eigenvalue weighted by molar-refractivity contribution is 5.79. The van der Waals surface area contributed by atoms with Gasteiger partial charge in [-0.05, 0) is 42.5 Å². The molecule has 0 aliphatic heterocycles. The van der Waals surface area contributed by atoms with E-state index in [2.05, 4.69) is 22.5 Å². The van der Waals surface area contributed by atoms with Crippen LogP contribution in [0.25, 0.3) is 0 Å². The van der Waals surface area contributed by atoms with Gasteiger partial charge in [0, 0.05) is 11.3 Å². The Morgan fingerprint density at radius 2 is 1.96 bits per heavy atom. The Morgan fingerprint density at radius 3 is 2.78 bits per heavy atom. The standard InChI is InChI=1S/C22H22FN3O/c23-18-9-4-8-17(12-18)13-22(27)25-20-10-5-11-21-19(20)14-24-26(21)15-16-6-2-1-3-7-16/h1-4,6-9,12,14,20H,5,10-11,13,15H2,(H,25,27)/t20-/m0/s1. The number of fused-ring (bicyclic) bond motifs is 1. The molecule has 3 aromatic rings. The van der Waals surface area contributed by atoms with Crippen molar-refractivity contribution in [1.29, 1.82) is 0 Å². The second kappa shape index (κ2) is 7.74. The molecule has 0 fully saturated rings. The summed E-state index contributed by atoms with van der Waals surface area (Å²) in [5.74, 6) is -0.406. The molecule has 2 aromatic carbocycles. The molecule has 0 bridgehead atoms. The van der Waals surface area contributed by atoms with Crippen LogP contribution in [0, 0.1) is 5.82 Å². The lowest BCUT2D eigenvalue weighted by molar-refractivity contribution is -0.121. The highest BCUT2D eigenvalue weighted by Crippen LogP contribution is 2.30. The second-order valence-corrected chi connectivity index (χ2v) is 7.01. The van der Waals surface area contributed by atoms with Crippen molar-refractivity contribution in [3.8, 4) is 0 Å². The van der Waals surface area contributed by atoms with E-state index < -0.39 is 0 Å². The van der Waals surface area contributed by atoms with Gasteiger partial charge in [-0.3, -0.25) is 9.48 Å². The first-order valence-electron chi connectivity index (χ1n) is 9.31. The minimum atomic E-state index is -0.317. The quantitative estimate of drug-likeness (QED) is 0.749. The van der Waals surface area contributed by atoms with Crippen molar-refractivity contribution >= 4 is 5.91 Å². The van der Waals surface area contributed by atoms with E-state index in [4.69, 9.17) is 0 Å². The lowest BCUT2D eigenvalue weighted by Crippen LogP contribution is -2.32. The number of hydrogen-bond donors (Lipinski definition) is 1. The molecule has 1 aliphatic carbocycles. The summed E-state index contributed by atoms with van der Waals surface area (Å²) in [5.41, 5.74) is 4.19. The number of hydrogen-bond acceptors (Lipinski definition) is 2. The Morgan fingerprint density at radius 1 is 1.15 bits per heavy atom. The summed E-state index contributed by atoms with van der Waals surface area (Å²) in [5, 5.41) is 7.67. The maximum atomic E-state index is 13.3. The number of carbonyl (C=O) groups excluding carboxylic acids is 1. The largest absolute Gasteiger partial charge is 0.349 e.